The summed E-state index contributed by atoms with van der Waals surface area (Å²) in [6.07, 6.45) is 0. The molecule has 0 spiro atoms. The number of ether oxygens (including phenoxy) is 1. The SMILES string of the molecule is COc1ccccc1CN(CCO)C(=O)c1n[nH]c2ccccc12. The third-order valence-electron chi connectivity index (χ3n) is 3.88. The van der Waals surface area contributed by atoms with Gasteiger partial charge in [-0.1, -0.05) is 36.4 Å². The monoisotopic (exact) mass is 325 g/mol. The topological polar surface area (TPSA) is 78.5 Å². The average Bonchev–Trinajstić information content (AvgIpc) is 3.05. The predicted molar refractivity (Wildman–Crippen MR) is 90.9 cm³/mol. The number of hydrogen-bond acceptors (Lipinski definition) is 4. The van der Waals surface area contributed by atoms with Gasteiger partial charge in [-0.25, -0.2) is 0 Å². The molecule has 3 rings (SSSR count). The van der Waals surface area contributed by atoms with Crippen LogP contribution in [0.3, 0.4) is 0 Å². The molecule has 0 unspecified atom stereocenters. The van der Waals surface area contributed by atoms with E-state index in [1.165, 1.54) is 0 Å². The molecule has 2 N–H and O–H groups in total. The van der Waals surface area contributed by atoms with Crippen molar-refractivity contribution in [2.75, 3.05) is 20.3 Å². The summed E-state index contributed by atoms with van der Waals surface area (Å²) < 4.78 is 5.34. The van der Waals surface area contributed by atoms with E-state index in [4.69, 9.17) is 4.74 Å². The minimum absolute atomic E-state index is 0.122. The molecule has 24 heavy (non-hydrogen) atoms. The van der Waals surface area contributed by atoms with E-state index in [1.54, 1.807) is 12.0 Å². The lowest BCUT2D eigenvalue weighted by molar-refractivity contribution is 0.0702. The van der Waals surface area contributed by atoms with Crippen molar-refractivity contribution in [3.8, 4) is 5.75 Å². The van der Waals surface area contributed by atoms with Gasteiger partial charge in [0.15, 0.2) is 5.69 Å². The van der Waals surface area contributed by atoms with Crippen LogP contribution in [0.4, 0.5) is 0 Å². The Morgan fingerprint density at radius 1 is 1.21 bits per heavy atom. The number of methoxy groups -OCH3 is 1. The summed E-state index contributed by atoms with van der Waals surface area (Å²) in [5, 5.41) is 17.1. The minimum atomic E-state index is -0.229. The van der Waals surface area contributed by atoms with Gasteiger partial charge in [-0.05, 0) is 12.1 Å². The lowest BCUT2D eigenvalue weighted by atomic mass is 10.1. The van der Waals surface area contributed by atoms with E-state index in [-0.39, 0.29) is 19.1 Å². The first kappa shape index (κ1) is 16.0. The molecule has 0 atom stereocenters. The van der Waals surface area contributed by atoms with Gasteiger partial charge in [0.05, 0.1) is 19.2 Å². The van der Waals surface area contributed by atoms with Crippen LogP contribution >= 0.6 is 0 Å². The molecule has 0 bridgehead atoms. The number of nitrogens with one attached hydrogen (secondary N) is 1. The van der Waals surface area contributed by atoms with E-state index in [2.05, 4.69) is 10.2 Å². The molecule has 1 amide bonds. The Kier molecular flexibility index (Phi) is 4.77. The summed E-state index contributed by atoms with van der Waals surface area (Å²) in [4.78, 5) is 14.5. The van der Waals surface area contributed by atoms with Gasteiger partial charge in [-0.2, -0.15) is 5.10 Å². The lowest BCUT2D eigenvalue weighted by Gasteiger charge is -2.22. The van der Waals surface area contributed by atoms with E-state index in [1.807, 2.05) is 48.5 Å². The molecule has 0 saturated heterocycles. The number of H-pyrrole nitrogens is 1. The number of fused-ring (bicyclic) bond motifs is 1. The van der Waals surface area contributed by atoms with Crippen LogP contribution in [0.15, 0.2) is 48.5 Å². The van der Waals surface area contributed by atoms with E-state index in [0.29, 0.717) is 18.0 Å². The second-order valence-electron chi connectivity index (χ2n) is 5.38. The summed E-state index contributed by atoms with van der Waals surface area (Å²) >= 11 is 0. The number of carbonyl (C=O) groups excluding carboxylic acids is 1. The molecule has 0 fully saturated rings. The largest absolute Gasteiger partial charge is 0.496 e. The molecule has 0 aliphatic heterocycles. The van der Waals surface area contributed by atoms with Crippen LogP contribution in [0, 0.1) is 0 Å². The van der Waals surface area contributed by atoms with E-state index >= 15 is 0 Å². The van der Waals surface area contributed by atoms with Gasteiger partial charge in [0, 0.05) is 24.0 Å². The van der Waals surface area contributed by atoms with Crippen LogP contribution in [0.5, 0.6) is 5.75 Å². The van der Waals surface area contributed by atoms with Crippen LogP contribution in [-0.4, -0.2) is 46.4 Å². The molecule has 1 aromatic heterocycles. The Morgan fingerprint density at radius 2 is 1.96 bits per heavy atom. The van der Waals surface area contributed by atoms with Gasteiger partial charge in [0.1, 0.15) is 5.75 Å². The quantitative estimate of drug-likeness (QED) is 0.728. The molecule has 124 valence electrons. The highest BCUT2D eigenvalue weighted by atomic mass is 16.5. The van der Waals surface area contributed by atoms with E-state index in [9.17, 15) is 9.90 Å². The highest BCUT2D eigenvalue weighted by molar-refractivity contribution is 6.04. The molecule has 0 aliphatic carbocycles. The Labute approximate surface area is 139 Å². The predicted octanol–water partition coefficient (Wildman–Crippen LogP) is 2.21. The Morgan fingerprint density at radius 3 is 2.75 bits per heavy atom. The van der Waals surface area contributed by atoms with E-state index < -0.39 is 0 Å². The Balaban J connectivity index is 1.91. The smallest absolute Gasteiger partial charge is 0.275 e. The molecule has 6 nitrogen and oxygen atoms in total. The average molecular weight is 325 g/mol. The van der Waals surface area contributed by atoms with Crippen molar-refractivity contribution >= 4 is 16.8 Å². The van der Waals surface area contributed by atoms with Crippen molar-refractivity contribution in [2.45, 2.75) is 6.54 Å². The fraction of sp³-hybridized carbons (Fsp3) is 0.222. The summed E-state index contributed by atoms with van der Waals surface area (Å²) in [6.45, 7) is 0.436. The lowest BCUT2D eigenvalue weighted by Crippen LogP contribution is -2.33. The number of benzene rings is 2. The van der Waals surface area contributed by atoms with Gasteiger partial charge in [-0.15, -0.1) is 0 Å². The number of rotatable bonds is 6. The number of nitrogens with zero attached hydrogens (tertiary/aromatic N) is 2. The number of hydrogen-bond donors (Lipinski definition) is 2. The number of aliphatic hydroxyl groups is 1. The van der Waals surface area contributed by atoms with Gasteiger partial charge in [0.2, 0.25) is 0 Å². The summed E-state index contributed by atoms with van der Waals surface area (Å²) in [6, 6.07) is 15.0. The molecule has 2 aromatic carbocycles. The normalized spacial score (nSPS) is 10.8. The van der Waals surface area contributed by atoms with Crippen LogP contribution in [0.1, 0.15) is 16.1 Å². The number of amides is 1. The van der Waals surface area contributed by atoms with Crippen LogP contribution in [0.2, 0.25) is 0 Å². The highest BCUT2D eigenvalue weighted by Crippen LogP contribution is 2.22. The molecule has 6 heteroatoms. The number of para-hydroxylation sites is 2. The van der Waals surface area contributed by atoms with Crippen LogP contribution in [-0.2, 0) is 6.54 Å². The number of aliphatic hydroxyl groups excluding tert-OH is 1. The first-order valence-corrected chi connectivity index (χ1v) is 7.69. The second kappa shape index (κ2) is 7.14. The van der Waals surface area contributed by atoms with Crippen molar-refractivity contribution in [3.63, 3.8) is 0 Å². The van der Waals surface area contributed by atoms with Crippen molar-refractivity contribution < 1.29 is 14.6 Å². The van der Waals surface area contributed by atoms with Gasteiger partial charge >= 0.3 is 0 Å². The van der Waals surface area contributed by atoms with Gasteiger partial charge < -0.3 is 14.7 Å². The summed E-state index contributed by atoms with van der Waals surface area (Å²) in [5.74, 6) is 0.479. The maximum atomic E-state index is 12.9. The number of aromatic nitrogens is 2. The summed E-state index contributed by atoms with van der Waals surface area (Å²) in [7, 11) is 1.60. The maximum Gasteiger partial charge on any atom is 0.275 e. The zero-order valence-corrected chi connectivity index (χ0v) is 13.4. The Bertz CT molecular complexity index is 844. The van der Waals surface area contributed by atoms with Crippen molar-refractivity contribution in [1.82, 2.24) is 15.1 Å². The van der Waals surface area contributed by atoms with Crippen LogP contribution in [0.25, 0.3) is 10.9 Å². The number of carbonyl (C=O) groups is 1. The van der Waals surface area contributed by atoms with Crippen molar-refractivity contribution in [2.24, 2.45) is 0 Å². The molecule has 0 radical (unpaired) electrons. The molecular formula is C18H19N3O3. The minimum Gasteiger partial charge on any atom is -0.496 e. The van der Waals surface area contributed by atoms with Gasteiger partial charge in [-0.3, -0.25) is 9.89 Å². The molecular weight excluding hydrogens is 306 g/mol. The number of aromatic amines is 1. The maximum absolute atomic E-state index is 12.9. The zero-order valence-electron chi connectivity index (χ0n) is 13.4. The van der Waals surface area contributed by atoms with Crippen molar-refractivity contribution in [3.05, 3.63) is 59.8 Å². The summed E-state index contributed by atoms with van der Waals surface area (Å²) in [5.41, 5.74) is 2.04. The fourth-order valence-electron chi connectivity index (χ4n) is 2.69. The first-order chi connectivity index (χ1) is 11.7. The van der Waals surface area contributed by atoms with E-state index in [0.717, 1.165) is 16.5 Å². The third-order valence-corrected chi connectivity index (χ3v) is 3.88. The molecule has 0 aliphatic rings. The first-order valence-electron chi connectivity index (χ1n) is 7.69. The fourth-order valence-corrected chi connectivity index (χ4v) is 2.69. The zero-order chi connectivity index (χ0) is 16.9. The third kappa shape index (κ3) is 3.09. The molecule has 3 aromatic rings. The second-order valence-corrected chi connectivity index (χ2v) is 5.38. The van der Waals surface area contributed by atoms with Crippen LogP contribution < -0.4 is 4.74 Å². The molecule has 0 saturated carbocycles. The standard InChI is InChI=1S/C18H19N3O3/c1-24-16-9-5-2-6-13(16)12-21(10-11-22)18(23)17-14-7-3-4-8-15(14)19-20-17/h2-9,22H,10-12H2,1H3,(H,19,20). The Hall–Kier alpha value is -2.86. The highest BCUT2D eigenvalue weighted by Gasteiger charge is 2.21. The van der Waals surface area contributed by atoms with Gasteiger partial charge in [0.25, 0.3) is 5.91 Å². The van der Waals surface area contributed by atoms with Crippen molar-refractivity contribution in [1.29, 1.82) is 0 Å². The molecule has 1 heterocycles.